The standard InChI is InChI=1S/C15H17ClN2O3/c16-13-6-5-11(9-14(13)17)18-15(19)4-2-7-20-10-12-3-1-8-21-12/h1,3,5-6,8-9H,2,4,7,10,17H2,(H,18,19). The Morgan fingerprint density at radius 3 is 2.95 bits per heavy atom. The highest BCUT2D eigenvalue weighted by Crippen LogP contribution is 2.22. The van der Waals surface area contributed by atoms with Crippen molar-refractivity contribution >= 4 is 28.9 Å². The van der Waals surface area contributed by atoms with Crippen LogP contribution in [0.15, 0.2) is 41.0 Å². The molecule has 0 saturated carbocycles. The number of nitrogens with one attached hydrogen (secondary N) is 1. The molecule has 3 N–H and O–H groups in total. The van der Waals surface area contributed by atoms with Crippen molar-refractivity contribution in [1.82, 2.24) is 0 Å². The van der Waals surface area contributed by atoms with Gasteiger partial charge in [0.1, 0.15) is 12.4 Å². The van der Waals surface area contributed by atoms with Gasteiger partial charge >= 0.3 is 0 Å². The molecule has 5 nitrogen and oxygen atoms in total. The summed E-state index contributed by atoms with van der Waals surface area (Å²) in [5.41, 5.74) is 6.75. The molecule has 0 atom stereocenters. The van der Waals surface area contributed by atoms with Crippen LogP contribution in [0.3, 0.4) is 0 Å². The molecule has 0 bridgehead atoms. The zero-order chi connectivity index (χ0) is 15.1. The largest absolute Gasteiger partial charge is 0.467 e. The Morgan fingerprint density at radius 2 is 2.24 bits per heavy atom. The van der Waals surface area contributed by atoms with E-state index in [-0.39, 0.29) is 5.91 Å². The number of anilines is 2. The molecule has 2 aromatic rings. The van der Waals surface area contributed by atoms with Gasteiger partial charge in [0, 0.05) is 18.7 Å². The highest BCUT2D eigenvalue weighted by atomic mass is 35.5. The Morgan fingerprint density at radius 1 is 1.38 bits per heavy atom. The van der Waals surface area contributed by atoms with Crippen molar-refractivity contribution in [2.75, 3.05) is 17.7 Å². The minimum Gasteiger partial charge on any atom is -0.467 e. The molecule has 0 fully saturated rings. The molecule has 1 amide bonds. The SMILES string of the molecule is Nc1cc(NC(=O)CCCOCc2ccco2)ccc1Cl. The summed E-state index contributed by atoms with van der Waals surface area (Å²) in [4.78, 5) is 11.7. The van der Waals surface area contributed by atoms with E-state index in [1.807, 2.05) is 12.1 Å². The smallest absolute Gasteiger partial charge is 0.224 e. The van der Waals surface area contributed by atoms with E-state index in [0.29, 0.717) is 42.5 Å². The maximum Gasteiger partial charge on any atom is 0.224 e. The Bertz CT molecular complexity index is 585. The maximum absolute atomic E-state index is 11.7. The van der Waals surface area contributed by atoms with Gasteiger partial charge in [0.15, 0.2) is 0 Å². The zero-order valence-electron chi connectivity index (χ0n) is 11.5. The van der Waals surface area contributed by atoms with Crippen molar-refractivity contribution in [3.8, 4) is 0 Å². The van der Waals surface area contributed by atoms with Gasteiger partial charge in [-0.2, -0.15) is 0 Å². The lowest BCUT2D eigenvalue weighted by atomic mass is 10.2. The Balaban J connectivity index is 1.64. The van der Waals surface area contributed by atoms with Crippen LogP contribution in [0, 0.1) is 0 Å². The number of rotatable bonds is 7. The number of hydrogen-bond acceptors (Lipinski definition) is 4. The van der Waals surface area contributed by atoms with Gasteiger partial charge in [0.05, 0.1) is 17.0 Å². The van der Waals surface area contributed by atoms with Gasteiger partial charge in [-0.1, -0.05) is 11.6 Å². The highest BCUT2D eigenvalue weighted by molar-refractivity contribution is 6.33. The third-order valence-corrected chi connectivity index (χ3v) is 3.14. The normalized spacial score (nSPS) is 10.5. The number of hydrogen-bond donors (Lipinski definition) is 2. The summed E-state index contributed by atoms with van der Waals surface area (Å²) in [7, 11) is 0. The van der Waals surface area contributed by atoms with Crippen LogP contribution in [0.25, 0.3) is 0 Å². The van der Waals surface area contributed by atoms with E-state index in [1.165, 1.54) is 0 Å². The van der Waals surface area contributed by atoms with Crippen molar-refractivity contribution in [1.29, 1.82) is 0 Å². The van der Waals surface area contributed by atoms with Gasteiger partial charge in [0.2, 0.25) is 5.91 Å². The van der Waals surface area contributed by atoms with Crippen LogP contribution in [0.5, 0.6) is 0 Å². The monoisotopic (exact) mass is 308 g/mol. The Kier molecular flexibility index (Phi) is 5.66. The van der Waals surface area contributed by atoms with E-state index in [0.717, 1.165) is 5.76 Å². The third-order valence-electron chi connectivity index (χ3n) is 2.80. The Hall–Kier alpha value is -1.98. The number of carbonyl (C=O) groups is 1. The Labute approximate surface area is 128 Å². The first-order chi connectivity index (χ1) is 10.1. The highest BCUT2D eigenvalue weighted by Gasteiger charge is 2.04. The van der Waals surface area contributed by atoms with Crippen LogP contribution in [-0.2, 0) is 16.1 Å². The van der Waals surface area contributed by atoms with E-state index < -0.39 is 0 Å². The molecule has 0 radical (unpaired) electrons. The molecule has 0 aliphatic heterocycles. The molecule has 1 aromatic carbocycles. The summed E-state index contributed by atoms with van der Waals surface area (Å²) >= 11 is 5.82. The van der Waals surface area contributed by atoms with Gasteiger partial charge in [-0.3, -0.25) is 4.79 Å². The van der Waals surface area contributed by atoms with Gasteiger partial charge in [-0.15, -0.1) is 0 Å². The van der Waals surface area contributed by atoms with E-state index in [4.69, 9.17) is 26.5 Å². The molecular weight excluding hydrogens is 292 g/mol. The van der Waals surface area contributed by atoms with E-state index in [2.05, 4.69) is 5.32 Å². The molecule has 1 heterocycles. The molecule has 1 aromatic heterocycles. The summed E-state index contributed by atoms with van der Waals surface area (Å²) in [6.45, 7) is 0.916. The number of nitrogen functional groups attached to an aromatic ring is 1. The minimum atomic E-state index is -0.0849. The van der Waals surface area contributed by atoms with E-state index >= 15 is 0 Å². The minimum absolute atomic E-state index is 0.0849. The van der Waals surface area contributed by atoms with Gasteiger partial charge in [-0.25, -0.2) is 0 Å². The van der Waals surface area contributed by atoms with E-state index in [9.17, 15) is 4.79 Å². The van der Waals surface area contributed by atoms with Crippen LogP contribution in [0.4, 0.5) is 11.4 Å². The first-order valence-electron chi connectivity index (χ1n) is 6.60. The average molecular weight is 309 g/mol. The topological polar surface area (TPSA) is 77.5 Å². The number of amides is 1. The summed E-state index contributed by atoms with van der Waals surface area (Å²) < 4.78 is 10.5. The van der Waals surface area contributed by atoms with Crippen molar-refractivity contribution < 1.29 is 13.9 Å². The fourth-order valence-corrected chi connectivity index (χ4v) is 1.86. The van der Waals surface area contributed by atoms with Crippen LogP contribution in [-0.4, -0.2) is 12.5 Å². The number of ether oxygens (including phenoxy) is 1. The van der Waals surface area contributed by atoms with Crippen LogP contribution in [0.2, 0.25) is 5.02 Å². The van der Waals surface area contributed by atoms with Crippen molar-refractivity contribution in [2.24, 2.45) is 0 Å². The lowest BCUT2D eigenvalue weighted by Crippen LogP contribution is -2.12. The van der Waals surface area contributed by atoms with Crippen LogP contribution in [0.1, 0.15) is 18.6 Å². The van der Waals surface area contributed by atoms with Gasteiger partial charge in [0.25, 0.3) is 0 Å². The second-order valence-electron chi connectivity index (χ2n) is 4.52. The molecule has 0 spiro atoms. The maximum atomic E-state index is 11.7. The summed E-state index contributed by atoms with van der Waals surface area (Å²) in [6.07, 6.45) is 2.61. The quantitative estimate of drug-likeness (QED) is 0.606. The van der Waals surface area contributed by atoms with Crippen molar-refractivity contribution in [2.45, 2.75) is 19.4 Å². The fraction of sp³-hybridized carbons (Fsp3) is 0.267. The van der Waals surface area contributed by atoms with Crippen LogP contribution < -0.4 is 11.1 Å². The van der Waals surface area contributed by atoms with Gasteiger partial charge < -0.3 is 20.2 Å². The first-order valence-corrected chi connectivity index (χ1v) is 6.98. The number of furan rings is 1. The van der Waals surface area contributed by atoms with Crippen molar-refractivity contribution in [3.63, 3.8) is 0 Å². The first kappa shape index (κ1) is 15.4. The molecule has 0 aliphatic carbocycles. The molecule has 2 rings (SSSR count). The predicted molar refractivity (Wildman–Crippen MR) is 82.1 cm³/mol. The average Bonchev–Trinajstić information content (AvgIpc) is 2.96. The summed E-state index contributed by atoms with van der Waals surface area (Å²) in [5.74, 6) is 0.689. The predicted octanol–water partition coefficient (Wildman–Crippen LogP) is 3.45. The molecule has 0 aliphatic rings. The second-order valence-corrected chi connectivity index (χ2v) is 4.93. The van der Waals surface area contributed by atoms with Crippen molar-refractivity contribution in [3.05, 3.63) is 47.4 Å². The molecular formula is C15H17ClN2O3. The lowest BCUT2D eigenvalue weighted by molar-refractivity contribution is -0.116. The number of benzene rings is 1. The summed E-state index contributed by atoms with van der Waals surface area (Å²) in [6, 6.07) is 8.65. The molecule has 21 heavy (non-hydrogen) atoms. The zero-order valence-corrected chi connectivity index (χ0v) is 12.2. The van der Waals surface area contributed by atoms with Crippen LogP contribution >= 0.6 is 11.6 Å². The molecule has 6 heteroatoms. The van der Waals surface area contributed by atoms with E-state index in [1.54, 1.807) is 24.5 Å². The molecule has 112 valence electrons. The molecule has 0 saturated heterocycles. The molecule has 0 unspecified atom stereocenters. The third kappa shape index (κ3) is 5.13. The summed E-state index contributed by atoms with van der Waals surface area (Å²) in [5, 5.41) is 3.23. The number of halogens is 1. The fourth-order valence-electron chi connectivity index (χ4n) is 1.75. The number of carbonyl (C=O) groups excluding carboxylic acids is 1. The second kappa shape index (κ2) is 7.71. The van der Waals surface area contributed by atoms with Gasteiger partial charge in [-0.05, 0) is 36.8 Å². The number of nitrogens with two attached hydrogens (primary N) is 1. The lowest BCUT2D eigenvalue weighted by Gasteiger charge is -2.07.